The summed E-state index contributed by atoms with van der Waals surface area (Å²) < 4.78 is 0. The monoisotopic (exact) mass is 294 g/mol. The molecule has 0 saturated heterocycles. The third-order valence-electron chi connectivity index (χ3n) is 4.17. The maximum absolute atomic E-state index is 5.96. The third kappa shape index (κ3) is 6.13. The van der Waals surface area contributed by atoms with Crippen LogP contribution in [0, 0.1) is 0 Å². The van der Waals surface area contributed by atoms with Crippen LogP contribution < -0.4 is 5.32 Å². The molecule has 0 bridgehead atoms. The molecule has 2 nitrogen and oxygen atoms in total. The predicted molar refractivity (Wildman–Crippen MR) is 87.4 cm³/mol. The summed E-state index contributed by atoms with van der Waals surface area (Å²) in [5.41, 5.74) is 0. The van der Waals surface area contributed by atoms with Crippen molar-refractivity contribution in [1.29, 1.82) is 0 Å². The fourth-order valence-corrected chi connectivity index (χ4v) is 3.17. The summed E-state index contributed by atoms with van der Waals surface area (Å²) in [6, 6.07) is 6.36. The molecule has 3 heteroatoms. The summed E-state index contributed by atoms with van der Waals surface area (Å²) in [4.78, 5) is 4.35. The van der Waals surface area contributed by atoms with Crippen LogP contribution in [0.15, 0.2) is 18.2 Å². The Morgan fingerprint density at radius 2 is 1.40 bits per heavy atom. The second kappa shape index (κ2) is 9.23. The van der Waals surface area contributed by atoms with Gasteiger partial charge >= 0.3 is 0 Å². The minimum Gasteiger partial charge on any atom is -0.367 e. The van der Waals surface area contributed by atoms with E-state index in [4.69, 9.17) is 11.6 Å². The number of nitrogens with one attached hydrogen (secondary N) is 1. The molecule has 20 heavy (non-hydrogen) atoms. The van der Waals surface area contributed by atoms with E-state index >= 15 is 0 Å². The number of pyridine rings is 1. The van der Waals surface area contributed by atoms with E-state index < -0.39 is 0 Å². The number of nitrogens with zero attached hydrogens (tertiary/aromatic N) is 1. The molecule has 1 aliphatic rings. The highest BCUT2D eigenvalue weighted by Gasteiger charge is 2.10. The summed E-state index contributed by atoms with van der Waals surface area (Å²) in [7, 11) is 0. The molecular weight excluding hydrogens is 268 g/mol. The lowest BCUT2D eigenvalue weighted by Gasteiger charge is -2.20. The van der Waals surface area contributed by atoms with E-state index in [9.17, 15) is 0 Å². The molecular formula is C17H27ClN2. The van der Waals surface area contributed by atoms with Gasteiger partial charge in [0.2, 0.25) is 0 Å². The fraction of sp³-hybridized carbons (Fsp3) is 0.706. The van der Waals surface area contributed by atoms with Crippen molar-refractivity contribution in [1.82, 2.24) is 4.98 Å². The third-order valence-corrected chi connectivity index (χ3v) is 4.38. The fourth-order valence-electron chi connectivity index (χ4n) is 3.01. The van der Waals surface area contributed by atoms with Gasteiger partial charge in [0.05, 0.1) is 0 Å². The molecule has 1 fully saturated rings. The van der Waals surface area contributed by atoms with Crippen LogP contribution in [-0.4, -0.2) is 11.0 Å². The Morgan fingerprint density at radius 3 is 1.95 bits per heavy atom. The first-order valence-electron chi connectivity index (χ1n) is 8.24. The van der Waals surface area contributed by atoms with E-state index in [1.165, 1.54) is 70.6 Å². The van der Waals surface area contributed by atoms with E-state index in [1.54, 1.807) is 0 Å². The highest BCUT2D eigenvalue weighted by Crippen LogP contribution is 2.20. The Balaban J connectivity index is 1.85. The molecule has 1 aliphatic carbocycles. The van der Waals surface area contributed by atoms with Gasteiger partial charge in [-0.05, 0) is 25.0 Å². The van der Waals surface area contributed by atoms with Crippen molar-refractivity contribution in [3.05, 3.63) is 23.4 Å². The average molecular weight is 295 g/mol. The number of halogens is 1. The summed E-state index contributed by atoms with van der Waals surface area (Å²) in [6.07, 6.45) is 15.0. The van der Waals surface area contributed by atoms with Gasteiger partial charge < -0.3 is 5.32 Å². The zero-order chi connectivity index (χ0) is 14.0. The van der Waals surface area contributed by atoms with Crippen LogP contribution in [0.5, 0.6) is 0 Å². The van der Waals surface area contributed by atoms with Gasteiger partial charge in [0.25, 0.3) is 0 Å². The Bertz CT molecular complexity index is 369. The molecule has 0 spiro atoms. The van der Waals surface area contributed by atoms with Crippen LogP contribution in [0.1, 0.15) is 70.6 Å². The number of anilines is 1. The van der Waals surface area contributed by atoms with Crippen LogP contribution in [0.3, 0.4) is 0 Å². The molecule has 1 N–H and O–H groups in total. The van der Waals surface area contributed by atoms with Crippen LogP contribution in [0.2, 0.25) is 5.15 Å². The molecule has 0 amide bonds. The normalized spacial score (nSPS) is 19.9. The number of aromatic nitrogens is 1. The van der Waals surface area contributed by atoms with Crippen LogP contribution in [0.25, 0.3) is 0 Å². The summed E-state index contributed by atoms with van der Waals surface area (Å²) in [5.74, 6) is 0.926. The van der Waals surface area contributed by atoms with E-state index in [1.807, 2.05) is 18.2 Å². The molecule has 0 unspecified atom stereocenters. The quantitative estimate of drug-likeness (QED) is 0.695. The summed E-state index contributed by atoms with van der Waals surface area (Å²) >= 11 is 5.96. The lowest BCUT2D eigenvalue weighted by molar-refractivity contribution is 0.479. The highest BCUT2D eigenvalue weighted by atomic mass is 35.5. The minimum absolute atomic E-state index is 0.556. The first-order valence-corrected chi connectivity index (χ1v) is 8.61. The number of hydrogen-bond donors (Lipinski definition) is 1. The lowest BCUT2D eigenvalue weighted by atomic mass is 9.98. The van der Waals surface area contributed by atoms with Crippen molar-refractivity contribution in [3.63, 3.8) is 0 Å². The average Bonchev–Trinajstić information content (AvgIpc) is 2.42. The Morgan fingerprint density at radius 1 is 0.850 bits per heavy atom. The van der Waals surface area contributed by atoms with Gasteiger partial charge in [-0.25, -0.2) is 4.98 Å². The molecule has 0 aromatic carbocycles. The van der Waals surface area contributed by atoms with Crippen molar-refractivity contribution < 1.29 is 0 Å². The topological polar surface area (TPSA) is 24.9 Å². The first-order chi connectivity index (χ1) is 9.84. The van der Waals surface area contributed by atoms with E-state index in [2.05, 4.69) is 10.3 Å². The van der Waals surface area contributed by atoms with Gasteiger partial charge in [-0.2, -0.15) is 0 Å². The van der Waals surface area contributed by atoms with Gasteiger partial charge in [-0.3, -0.25) is 0 Å². The SMILES string of the molecule is Clc1cccc(NC2CCCCCCCCCCC2)n1. The standard InChI is InChI=1S/C17H27ClN2/c18-16-13-10-14-17(20-16)19-15-11-8-6-4-2-1-3-5-7-9-12-15/h10,13-15H,1-9,11-12H2,(H,19,20). The van der Waals surface area contributed by atoms with E-state index in [-0.39, 0.29) is 0 Å². The van der Waals surface area contributed by atoms with Crippen molar-refractivity contribution in [2.75, 3.05) is 5.32 Å². The van der Waals surface area contributed by atoms with Gasteiger partial charge in [-0.15, -0.1) is 0 Å². The van der Waals surface area contributed by atoms with Gasteiger partial charge in [0.15, 0.2) is 0 Å². The lowest BCUT2D eigenvalue weighted by Crippen LogP contribution is -2.20. The second-order valence-electron chi connectivity index (χ2n) is 5.95. The predicted octanol–water partition coefficient (Wildman–Crippen LogP) is 5.82. The zero-order valence-electron chi connectivity index (χ0n) is 12.4. The minimum atomic E-state index is 0.556. The van der Waals surface area contributed by atoms with E-state index in [0.717, 1.165) is 5.82 Å². The number of hydrogen-bond acceptors (Lipinski definition) is 2. The molecule has 112 valence electrons. The molecule has 1 saturated carbocycles. The van der Waals surface area contributed by atoms with Crippen molar-refractivity contribution in [2.45, 2.75) is 76.7 Å². The first kappa shape index (κ1) is 15.6. The Kier molecular flexibility index (Phi) is 7.21. The molecule has 0 atom stereocenters. The van der Waals surface area contributed by atoms with Gasteiger partial charge in [-0.1, -0.05) is 75.5 Å². The summed E-state index contributed by atoms with van der Waals surface area (Å²) in [5, 5.41) is 4.15. The molecule has 1 heterocycles. The van der Waals surface area contributed by atoms with Crippen LogP contribution >= 0.6 is 11.6 Å². The number of rotatable bonds is 2. The van der Waals surface area contributed by atoms with Crippen molar-refractivity contribution in [2.24, 2.45) is 0 Å². The van der Waals surface area contributed by atoms with Crippen LogP contribution in [0.4, 0.5) is 5.82 Å². The molecule has 2 rings (SSSR count). The smallest absolute Gasteiger partial charge is 0.131 e. The molecule has 1 aromatic heterocycles. The molecule has 0 radical (unpaired) electrons. The second-order valence-corrected chi connectivity index (χ2v) is 6.33. The zero-order valence-corrected chi connectivity index (χ0v) is 13.2. The molecule has 0 aliphatic heterocycles. The van der Waals surface area contributed by atoms with Gasteiger partial charge in [0.1, 0.15) is 11.0 Å². The maximum Gasteiger partial charge on any atom is 0.131 e. The maximum atomic E-state index is 5.96. The van der Waals surface area contributed by atoms with E-state index in [0.29, 0.717) is 11.2 Å². The molecule has 1 aromatic rings. The largest absolute Gasteiger partial charge is 0.367 e. The van der Waals surface area contributed by atoms with Crippen molar-refractivity contribution in [3.8, 4) is 0 Å². The van der Waals surface area contributed by atoms with Crippen LogP contribution in [-0.2, 0) is 0 Å². The Hall–Kier alpha value is -0.760. The Labute approximate surface area is 128 Å². The summed E-state index contributed by atoms with van der Waals surface area (Å²) in [6.45, 7) is 0. The van der Waals surface area contributed by atoms with Crippen molar-refractivity contribution >= 4 is 17.4 Å². The van der Waals surface area contributed by atoms with Gasteiger partial charge in [0, 0.05) is 6.04 Å². The highest BCUT2D eigenvalue weighted by molar-refractivity contribution is 6.29.